The Kier molecular flexibility index (Phi) is 9.81. The molecule has 0 unspecified atom stereocenters. The number of ether oxygens (including phenoxy) is 2. The summed E-state index contributed by atoms with van der Waals surface area (Å²) in [5, 5.41) is 21.3. The van der Waals surface area contributed by atoms with E-state index >= 15 is 0 Å². The van der Waals surface area contributed by atoms with Crippen molar-refractivity contribution in [3.05, 3.63) is 46.6 Å². The summed E-state index contributed by atoms with van der Waals surface area (Å²) < 4.78 is 11.6. The molecule has 0 radical (unpaired) electrons. The number of carbonyl (C=O) groups excluding carboxylic acids is 2. The number of benzene rings is 1. The van der Waals surface area contributed by atoms with Gasteiger partial charge >= 0.3 is 6.09 Å². The first kappa shape index (κ1) is 33.3. The van der Waals surface area contributed by atoms with Crippen LogP contribution in [0.1, 0.15) is 88.2 Å². The van der Waals surface area contributed by atoms with Gasteiger partial charge in [-0.25, -0.2) is 4.79 Å². The molecular weight excluding hydrogens is 618 g/mol. The number of halogens is 1. The van der Waals surface area contributed by atoms with Crippen LogP contribution in [-0.2, 0) is 4.74 Å². The van der Waals surface area contributed by atoms with Gasteiger partial charge in [-0.2, -0.15) is 5.26 Å². The highest BCUT2D eigenvalue weighted by Crippen LogP contribution is 2.43. The van der Waals surface area contributed by atoms with Crippen molar-refractivity contribution in [3.8, 4) is 11.8 Å². The van der Waals surface area contributed by atoms with Crippen LogP contribution >= 0.6 is 11.6 Å². The van der Waals surface area contributed by atoms with Crippen molar-refractivity contribution in [2.75, 3.05) is 44.2 Å². The van der Waals surface area contributed by atoms with E-state index in [1.54, 1.807) is 24.3 Å². The van der Waals surface area contributed by atoms with Crippen LogP contribution < -0.4 is 15.0 Å². The lowest BCUT2D eigenvalue weighted by molar-refractivity contribution is -0.0624. The SMILES string of the molecule is CC(C)(C)OC(=O)N1CCC(N2CC3(CCN(c4ccc(C(=O)NC5CCC(Oc6ccc(C#N)c(Cl)c6)CC5)nn4)CC3)C2)CC1. The molecule has 1 aromatic carbocycles. The third-order valence-corrected chi connectivity index (χ3v) is 10.4. The molecule has 12 heteroatoms. The van der Waals surface area contributed by atoms with Crippen LogP contribution in [-0.4, -0.2) is 95.1 Å². The molecule has 2 aromatic rings. The quantitative estimate of drug-likeness (QED) is 0.431. The van der Waals surface area contributed by atoms with Crippen LogP contribution in [0.25, 0.3) is 0 Å². The maximum absolute atomic E-state index is 12.9. The smallest absolute Gasteiger partial charge is 0.410 e. The van der Waals surface area contributed by atoms with Crippen LogP contribution in [0.15, 0.2) is 30.3 Å². The molecule has 3 aliphatic heterocycles. The van der Waals surface area contributed by atoms with Crippen LogP contribution in [0, 0.1) is 16.7 Å². The fraction of sp³-hybridized carbons (Fsp3) is 0.629. The van der Waals surface area contributed by atoms with Crippen molar-refractivity contribution in [2.24, 2.45) is 5.41 Å². The van der Waals surface area contributed by atoms with E-state index in [1.165, 1.54) is 0 Å². The van der Waals surface area contributed by atoms with Crippen molar-refractivity contribution in [2.45, 2.75) is 95.9 Å². The van der Waals surface area contributed by atoms with Gasteiger partial charge in [0.05, 0.1) is 16.7 Å². The Balaban J connectivity index is 0.896. The predicted octanol–water partition coefficient (Wildman–Crippen LogP) is 5.42. The molecule has 11 nitrogen and oxygen atoms in total. The molecule has 3 saturated heterocycles. The van der Waals surface area contributed by atoms with E-state index in [4.69, 9.17) is 26.3 Å². The Morgan fingerprint density at radius 1 is 0.979 bits per heavy atom. The molecule has 4 fully saturated rings. The van der Waals surface area contributed by atoms with Crippen molar-refractivity contribution >= 4 is 29.4 Å². The summed E-state index contributed by atoms with van der Waals surface area (Å²) >= 11 is 6.13. The molecule has 1 spiro atoms. The monoisotopic (exact) mass is 663 g/mol. The van der Waals surface area contributed by atoms with Crippen molar-refractivity contribution in [3.63, 3.8) is 0 Å². The van der Waals surface area contributed by atoms with Gasteiger partial charge in [0.25, 0.3) is 5.91 Å². The van der Waals surface area contributed by atoms with Gasteiger partial charge in [-0.3, -0.25) is 9.69 Å². The maximum Gasteiger partial charge on any atom is 0.410 e. The van der Waals surface area contributed by atoms with Gasteiger partial charge in [0.2, 0.25) is 0 Å². The maximum atomic E-state index is 12.9. The van der Waals surface area contributed by atoms with E-state index in [2.05, 4.69) is 31.4 Å². The molecule has 1 aromatic heterocycles. The molecule has 0 atom stereocenters. The zero-order chi connectivity index (χ0) is 33.2. The number of hydrogen-bond acceptors (Lipinski definition) is 9. The van der Waals surface area contributed by atoms with Gasteiger partial charge in [-0.15, -0.1) is 10.2 Å². The number of nitrogens with one attached hydrogen (secondary N) is 1. The molecule has 0 bridgehead atoms. The molecule has 252 valence electrons. The van der Waals surface area contributed by atoms with Gasteiger partial charge in [-0.05, 0) is 102 Å². The largest absolute Gasteiger partial charge is 0.490 e. The van der Waals surface area contributed by atoms with Crippen molar-refractivity contribution in [1.29, 1.82) is 5.26 Å². The molecular formula is C35H46ClN7O4. The van der Waals surface area contributed by atoms with Gasteiger partial charge in [0, 0.05) is 57.4 Å². The number of rotatable bonds is 6. The van der Waals surface area contributed by atoms with E-state index in [0.29, 0.717) is 33.5 Å². The average Bonchev–Trinajstić information content (AvgIpc) is 3.04. The lowest BCUT2D eigenvalue weighted by Gasteiger charge is -2.57. The molecule has 4 heterocycles. The Labute approximate surface area is 282 Å². The number of nitriles is 1. The van der Waals surface area contributed by atoms with Crippen LogP contribution in [0.3, 0.4) is 0 Å². The Morgan fingerprint density at radius 3 is 2.28 bits per heavy atom. The first-order valence-electron chi connectivity index (χ1n) is 17.0. The van der Waals surface area contributed by atoms with Crippen LogP contribution in [0.4, 0.5) is 10.6 Å². The van der Waals surface area contributed by atoms with E-state index in [9.17, 15) is 9.59 Å². The lowest BCUT2D eigenvalue weighted by Crippen LogP contribution is -2.64. The molecule has 1 saturated carbocycles. The first-order valence-corrected chi connectivity index (χ1v) is 17.3. The average molecular weight is 664 g/mol. The molecule has 1 N–H and O–H groups in total. The Morgan fingerprint density at radius 2 is 1.68 bits per heavy atom. The summed E-state index contributed by atoms with van der Waals surface area (Å²) in [5.41, 5.74) is 0.669. The van der Waals surface area contributed by atoms with E-state index in [-0.39, 0.29) is 24.1 Å². The third kappa shape index (κ3) is 8.10. The minimum atomic E-state index is -0.460. The minimum absolute atomic E-state index is 0.0435. The fourth-order valence-electron chi connectivity index (χ4n) is 7.39. The van der Waals surface area contributed by atoms with Crippen molar-refractivity contribution < 1.29 is 19.1 Å². The number of aromatic nitrogens is 2. The predicted molar refractivity (Wildman–Crippen MR) is 179 cm³/mol. The highest BCUT2D eigenvalue weighted by Gasteiger charge is 2.47. The van der Waals surface area contributed by atoms with Gasteiger partial charge in [-0.1, -0.05) is 11.6 Å². The summed E-state index contributed by atoms with van der Waals surface area (Å²) in [6.07, 6.45) is 7.34. The summed E-state index contributed by atoms with van der Waals surface area (Å²) in [6.45, 7) is 11.4. The Hall–Kier alpha value is -3.62. The normalized spacial score (nSPS) is 23.5. The second kappa shape index (κ2) is 13.9. The first-order chi connectivity index (χ1) is 22.5. The number of amides is 2. The molecule has 47 heavy (non-hydrogen) atoms. The van der Waals surface area contributed by atoms with E-state index < -0.39 is 5.60 Å². The number of piperidine rings is 2. The summed E-state index contributed by atoms with van der Waals surface area (Å²) in [4.78, 5) is 32.1. The highest BCUT2D eigenvalue weighted by molar-refractivity contribution is 6.31. The lowest BCUT2D eigenvalue weighted by atomic mass is 9.71. The number of hydrogen-bond donors (Lipinski definition) is 1. The summed E-state index contributed by atoms with van der Waals surface area (Å²) in [7, 11) is 0. The zero-order valence-corrected chi connectivity index (χ0v) is 28.5. The topological polar surface area (TPSA) is 124 Å². The molecule has 4 aliphatic rings. The summed E-state index contributed by atoms with van der Waals surface area (Å²) in [5.74, 6) is 1.28. The highest BCUT2D eigenvalue weighted by atomic mass is 35.5. The van der Waals surface area contributed by atoms with Gasteiger partial charge in [0.15, 0.2) is 11.5 Å². The number of likely N-dealkylation sites (tertiary alicyclic amines) is 2. The molecule has 1 aliphatic carbocycles. The van der Waals surface area contributed by atoms with Crippen molar-refractivity contribution in [1.82, 2.24) is 25.3 Å². The van der Waals surface area contributed by atoms with Gasteiger partial charge < -0.3 is 24.6 Å². The number of anilines is 1. The second-order valence-corrected chi connectivity index (χ2v) is 15.1. The fourth-order valence-corrected chi connectivity index (χ4v) is 7.60. The molecule has 6 rings (SSSR count). The van der Waals surface area contributed by atoms with Crippen LogP contribution in [0.5, 0.6) is 5.75 Å². The second-order valence-electron chi connectivity index (χ2n) is 14.7. The number of carbonyl (C=O) groups is 2. The van der Waals surface area contributed by atoms with E-state index in [1.807, 2.05) is 31.7 Å². The third-order valence-electron chi connectivity index (χ3n) is 10.1. The Bertz CT molecular complexity index is 1460. The number of nitrogens with zero attached hydrogens (tertiary/aromatic N) is 6. The minimum Gasteiger partial charge on any atom is -0.490 e. The zero-order valence-electron chi connectivity index (χ0n) is 27.7. The molecule has 2 amide bonds. The standard InChI is InChI=1S/C35H46ClN7O4/c1-34(2,3)47-33(45)42-16-12-26(13-17-42)43-22-35(23-43)14-18-41(19-15-35)31-11-10-30(39-40-31)32(44)38-25-5-8-27(9-6-25)46-28-7-4-24(21-37)29(36)20-28/h4,7,10-11,20,25-27H,5-6,8-9,12-19,22-23H2,1-3H3,(H,38,44). The van der Waals surface area contributed by atoms with Crippen LogP contribution in [0.2, 0.25) is 5.02 Å². The van der Waals surface area contributed by atoms with Gasteiger partial charge in [0.1, 0.15) is 17.4 Å². The summed E-state index contributed by atoms with van der Waals surface area (Å²) in [6, 6.07) is 11.5. The van der Waals surface area contributed by atoms with E-state index in [0.717, 1.165) is 96.5 Å².